The number of cyclic esters (lactones) is 1. The number of nitrogens with zero attached hydrogens (tertiary/aromatic N) is 4. The molecule has 4 aromatic rings. The van der Waals surface area contributed by atoms with E-state index in [0.29, 0.717) is 38.9 Å². The summed E-state index contributed by atoms with van der Waals surface area (Å²) in [6.45, 7) is 15.9. The third-order valence-electron chi connectivity index (χ3n) is 12.0. The van der Waals surface area contributed by atoms with Crippen molar-refractivity contribution in [3.63, 3.8) is 0 Å². The van der Waals surface area contributed by atoms with Gasteiger partial charge in [0.1, 0.15) is 12.1 Å². The number of hydrogen-bond donors (Lipinski definition) is 2. The Morgan fingerprint density at radius 1 is 1.10 bits per heavy atom. The maximum atomic E-state index is 14.4. The van der Waals surface area contributed by atoms with Crippen LogP contribution in [0, 0.1) is 11.3 Å². The average Bonchev–Trinajstić information content (AvgIpc) is 3.54. The zero-order chi connectivity index (χ0) is 42.7. The number of aromatic nitrogens is 2. The number of aryl methyl sites for hydroxylation is 1. The van der Waals surface area contributed by atoms with E-state index >= 15 is 0 Å². The van der Waals surface area contributed by atoms with Crippen molar-refractivity contribution in [2.24, 2.45) is 11.3 Å². The number of ether oxygens (including phenoxy) is 3. The van der Waals surface area contributed by atoms with Crippen molar-refractivity contribution in [3.05, 3.63) is 90.3 Å². The van der Waals surface area contributed by atoms with E-state index in [1.165, 1.54) is 11.1 Å². The summed E-state index contributed by atoms with van der Waals surface area (Å²) < 4.78 is 20.2. The lowest BCUT2D eigenvalue weighted by Crippen LogP contribution is -2.61. The van der Waals surface area contributed by atoms with Crippen molar-refractivity contribution in [1.29, 1.82) is 0 Å². The van der Waals surface area contributed by atoms with E-state index in [2.05, 4.69) is 79.1 Å². The second kappa shape index (κ2) is 18.1. The quantitative estimate of drug-likeness (QED) is 0.150. The van der Waals surface area contributed by atoms with Crippen LogP contribution in [-0.4, -0.2) is 101 Å². The van der Waals surface area contributed by atoms with Crippen LogP contribution < -0.4 is 10.7 Å². The first-order chi connectivity index (χ1) is 28.8. The number of methoxy groups -OCH3 is 1. The van der Waals surface area contributed by atoms with Crippen molar-refractivity contribution in [3.8, 4) is 22.4 Å². The third kappa shape index (κ3) is 9.03. The number of benzene rings is 2. The van der Waals surface area contributed by atoms with Gasteiger partial charge in [-0.2, -0.15) is 0 Å². The molecule has 2 N–H and O–H groups in total. The number of carbonyl (C=O) groups excluding carboxylic acids is 4. The Balaban J connectivity index is 1.26. The van der Waals surface area contributed by atoms with Crippen LogP contribution >= 0.6 is 0 Å². The molecule has 318 valence electrons. The molecule has 13 nitrogen and oxygen atoms in total. The van der Waals surface area contributed by atoms with E-state index in [9.17, 15) is 19.2 Å². The SMILES string of the molecule is C=CC(=O)N1CC(OCC(C)C(=O)N[C@H]2Cc3cccc(c3)-c3ccc4c(c3)c(c(-c3cccnc3[C@H](C)OC)n4CC)CC(C)(C)COC(=O)[C@@H]3CCCN(N3)C2=O)C1. The maximum absolute atomic E-state index is 14.4. The second-order valence-electron chi connectivity index (χ2n) is 17.1. The summed E-state index contributed by atoms with van der Waals surface area (Å²) in [7, 11) is 1.69. The molecule has 2 fully saturated rings. The van der Waals surface area contributed by atoms with Crippen molar-refractivity contribution >= 4 is 34.6 Å². The van der Waals surface area contributed by atoms with Gasteiger partial charge in [-0.05, 0) is 85.7 Å². The lowest BCUT2D eigenvalue weighted by molar-refractivity contribution is -0.155. The molecule has 2 aromatic carbocycles. The molecule has 3 aliphatic rings. The standard InChI is InChI=1S/C47H58N6O7/c1-8-41(54)51-25-34(26-51)59-27-29(3)44(55)49-39-22-31-13-10-14-32(21-31)33-17-18-40-36(23-33)37(43(52(40)9-2)35-15-11-19-48-42(35)30(4)58-7)24-47(5,6)28-60-46(57)38-16-12-20-53(50-38)45(39)56/h8,10-11,13-15,17-19,21,23,29-30,34,38-39,50H,1,9,12,16,20,22,24-28H2,2-7H3,(H,49,55)/t29?,30-,38-,39-/m0/s1. The molecule has 60 heavy (non-hydrogen) atoms. The Hall–Kier alpha value is -5.37. The van der Waals surface area contributed by atoms with Crippen LogP contribution in [0.2, 0.25) is 0 Å². The fraction of sp³-hybridized carbons (Fsp3) is 0.468. The molecule has 1 unspecified atom stereocenters. The monoisotopic (exact) mass is 818 g/mol. The normalized spacial score (nSPS) is 20.8. The highest BCUT2D eigenvalue weighted by molar-refractivity contribution is 5.95. The minimum absolute atomic E-state index is 0.134. The number of likely N-dealkylation sites (tertiary alicyclic amines) is 1. The number of fused-ring (bicyclic) bond motifs is 6. The van der Waals surface area contributed by atoms with E-state index in [1.807, 2.05) is 25.1 Å². The number of pyridine rings is 1. The van der Waals surface area contributed by atoms with Gasteiger partial charge in [0.2, 0.25) is 11.8 Å². The van der Waals surface area contributed by atoms with Gasteiger partial charge in [-0.15, -0.1) is 0 Å². The molecule has 13 heteroatoms. The number of carbonyl (C=O) groups is 4. The van der Waals surface area contributed by atoms with Gasteiger partial charge < -0.3 is 29.0 Å². The molecular formula is C47H58N6O7. The molecule has 3 aliphatic heterocycles. The number of rotatable bonds is 10. The first-order valence-corrected chi connectivity index (χ1v) is 21.1. The molecule has 0 spiro atoms. The molecule has 0 saturated carbocycles. The van der Waals surface area contributed by atoms with Gasteiger partial charge in [-0.3, -0.25) is 29.2 Å². The molecular weight excluding hydrogens is 761 g/mol. The number of hydrogen-bond acceptors (Lipinski definition) is 9. The van der Waals surface area contributed by atoms with Gasteiger partial charge in [0.05, 0.1) is 42.7 Å². The van der Waals surface area contributed by atoms with Gasteiger partial charge >= 0.3 is 5.97 Å². The number of nitrogens with one attached hydrogen (secondary N) is 2. The summed E-state index contributed by atoms with van der Waals surface area (Å²) in [6.07, 6.45) is 4.59. The molecule has 2 aromatic heterocycles. The van der Waals surface area contributed by atoms with Crippen molar-refractivity contribution < 1.29 is 33.4 Å². The Labute approximate surface area is 352 Å². The van der Waals surface area contributed by atoms with E-state index in [4.69, 9.17) is 19.2 Å². The van der Waals surface area contributed by atoms with E-state index in [-0.39, 0.29) is 49.6 Å². The van der Waals surface area contributed by atoms with Crippen LogP contribution in [0.15, 0.2) is 73.4 Å². The molecule has 0 aliphatic carbocycles. The smallest absolute Gasteiger partial charge is 0.324 e. The maximum Gasteiger partial charge on any atom is 0.324 e. The Bertz CT molecular complexity index is 2260. The van der Waals surface area contributed by atoms with E-state index < -0.39 is 29.4 Å². The predicted molar refractivity (Wildman–Crippen MR) is 229 cm³/mol. The Morgan fingerprint density at radius 2 is 1.88 bits per heavy atom. The fourth-order valence-electron chi connectivity index (χ4n) is 8.51. The Morgan fingerprint density at radius 3 is 2.63 bits per heavy atom. The summed E-state index contributed by atoms with van der Waals surface area (Å²) in [5, 5.41) is 5.58. The van der Waals surface area contributed by atoms with Gasteiger partial charge in [0.15, 0.2) is 0 Å². The molecule has 6 bridgehead atoms. The van der Waals surface area contributed by atoms with Crippen LogP contribution in [-0.2, 0) is 52.8 Å². The van der Waals surface area contributed by atoms with Crippen molar-refractivity contribution in [1.82, 2.24) is 30.2 Å². The summed E-state index contributed by atoms with van der Waals surface area (Å²) in [5.41, 5.74) is 10.7. The highest BCUT2D eigenvalue weighted by atomic mass is 16.5. The third-order valence-corrected chi connectivity index (χ3v) is 12.0. The van der Waals surface area contributed by atoms with Gasteiger partial charge in [0.25, 0.3) is 5.91 Å². The molecule has 0 radical (unpaired) electrons. The minimum Gasteiger partial charge on any atom is -0.464 e. The summed E-state index contributed by atoms with van der Waals surface area (Å²) in [4.78, 5) is 60.2. The van der Waals surface area contributed by atoms with Gasteiger partial charge in [-0.1, -0.05) is 57.7 Å². The lowest BCUT2D eigenvalue weighted by Gasteiger charge is -2.38. The number of amides is 3. The Kier molecular flexibility index (Phi) is 12.9. The largest absolute Gasteiger partial charge is 0.464 e. The van der Waals surface area contributed by atoms with E-state index in [1.54, 1.807) is 25.1 Å². The van der Waals surface area contributed by atoms with Crippen molar-refractivity contribution in [2.45, 2.75) is 91.1 Å². The van der Waals surface area contributed by atoms with Crippen LogP contribution in [0.5, 0.6) is 0 Å². The number of esters is 1. The van der Waals surface area contributed by atoms with Crippen molar-refractivity contribution in [2.75, 3.05) is 40.0 Å². The molecule has 7 rings (SSSR count). The van der Waals surface area contributed by atoms with Crippen LogP contribution in [0.4, 0.5) is 0 Å². The zero-order valence-electron chi connectivity index (χ0n) is 35.7. The average molecular weight is 819 g/mol. The van der Waals surface area contributed by atoms with Gasteiger partial charge in [-0.25, -0.2) is 5.43 Å². The van der Waals surface area contributed by atoms with Gasteiger partial charge in [0, 0.05) is 67.8 Å². The topological polar surface area (TPSA) is 144 Å². The molecule has 2 saturated heterocycles. The highest BCUT2D eigenvalue weighted by Gasteiger charge is 2.36. The van der Waals surface area contributed by atoms with E-state index in [0.717, 1.165) is 56.7 Å². The summed E-state index contributed by atoms with van der Waals surface area (Å²) in [6, 6.07) is 17.1. The fourth-order valence-corrected chi connectivity index (χ4v) is 8.51. The first-order valence-electron chi connectivity index (χ1n) is 21.1. The molecule has 3 amide bonds. The summed E-state index contributed by atoms with van der Waals surface area (Å²) in [5.74, 6) is -1.81. The molecule has 5 heterocycles. The predicted octanol–water partition coefficient (Wildman–Crippen LogP) is 5.80. The summed E-state index contributed by atoms with van der Waals surface area (Å²) >= 11 is 0. The zero-order valence-corrected chi connectivity index (χ0v) is 35.7. The van der Waals surface area contributed by atoms with Crippen LogP contribution in [0.25, 0.3) is 33.3 Å². The number of hydrazine groups is 1. The highest BCUT2D eigenvalue weighted by Crippen LogP contribution is 2.42. The first kappa shape index (κ1) is 42.7. The lowest BCUT2D eigenvalue weighted by atomic mass is 9.84. The minimum atomic E-state index is -0.932. The van der Waals surface area contributed by atoms with Crippen LogP contribution in [0.1, 0.15) is 70.4 Å². The van der Waals surface area contributed by atoms with Crippen LogP contribution in [0.3, 0.4) is 0 Å². The molecule has 4 atom stereocenters. The second-order valence-corrected chi connectivity index (χ2v) is 17.1.